The Morgan fingerprint density at radius 2 is 1.80 bits per heavy atom. The molecule has 1 amide bonds. The van der Waals surface area contributed by atoms with Gasteiger partial charge < -0.3 is 19.3 Å². The Labute approximate surface area is 208 Å². The largest absolute Gasteiger partial charge is 0.493 e. The molecular weight excluding hydrogens is 464 g/mol. The van der Waals surface area contributed by atoms with Gasteiger partial charge in [0.1, 0.15) is 0 Å². The van der Waals surface area contributed by atoms with Crippen molar-refractivity contribution in [2.75, 3.05) is 19.5 Å². The Kier molecular flexibility index (Phi) is 5.75. The fourth-order valence-corrected chi connectivity index (χ4v) is 7.70. The summed E-state index contributed by atoms with van der Waals surface area (Å²) in [4.78, 5) is 21.9. The highest BCUT2D eigenvalue weighted by molar-refractivity contribution is 7.13. The molecule has 0 aliphatic heterocycles. The molecule has 0 atom stereocenters. The summed E-state index contributed by atoms with van der Waals surface area (Å²) in [7, 11) is 3.17. The van der Waals surface area contributed by atoms with Crippen LogP contribution in [0.4, 0.5) is 5.13 Å². The topological polar surface area (TPSA) is 99.4 Å². The number of benzene rings is 1. The highest BCUT2D eigenvalue weighted by Crippen LogP contribution is 2.60. The van der Waals surface area contributed by atoms with E-state index in [1.54, 1.807) is 26.4 Å². The predicted octanol–water partition coefficient (Wildman–Crippen LogP) is 5.25. The van der Waals surface area contributed by atoms with Crippen molar-refractivity contribution in [3.8, 4) is 22.9 Å². The number of nitrogens with one attached hydrogen (secondary N) is 1. The molecule has 4 saturated carbocycles. The smallest absolute Gasteiger partial charge is 0.227 e. The number of carbonyl (C=O) groups excluding carboxylic acids is 1. The van der Waals surface area contributed by atoms with Gasteiger partial charge in [-0.1, -0.05) is 5.16 Å². The standard InChI is InChI=1S/C26H30N4O4S/c1-32-19-4-3-18(10-20(19)33-2)24-29-23(34-30-24)6-5-22(31)28-25-27-21(14-35-25)26-11-15-7-16(12-26)9-17(8-15)13-26/h3-4,10,14-17H,5-9,11-13H2,1-2H3,(H,27,28,31). The molecular formula is C26H30N4O4S. The summed E-state index contributed by atoms with van der Waals surface area (Å²) in [6.45, 7) is 0. The van der Waals surface area contributed by atoms with Crippen LogP contribution in [-0.2, 0) is 16.6 Å². The Balaban J connectivity index is 1.06. The van der Waals surface area contributed by atoms with Gasteiger partial charge in [-0.2, -0.15) is 4.98 Å². The van der Waals surface area contributed by atoms with Crippen LogP contribution < -0.4 is 14.8 Å². The van der Waals surface area contributed by atoms with E-state index in [4.69, 9.17) is 19.0 Å². The molecule has 4 aliphatic carbocycles. The second-order valence-corrected chi connectivity index (χ2v) is 11.2. The molecule has 9 heteroatoms. The van der Waals surface area contributed by atoms with E-state index >= 15 is 0 Å². The lowest BCUT2D eigenvalue weighted by molar-refractivity contribution is -0.116. The minimum Gasteiger partial charge on any atom is -0.493 e. The van der Waals surface area contributed by atoms with Crippen LogP contribution in [0, 0.1) is 17.8 Å². The summed E-state index contributed by atoms with van der Waals surface area (Å²) in [6.07, 6.45) is 8.67. The summed E-state index contributed by atoms with van der Waals surface area (Å²) in [5.41, 5.74) is 2.20. The van der Waals surface area contributed by atoms with Crippen molar-refractivity contribution in [1.82, 2.24) is 15.1 Å². The van der Waals surface area contributed by atoms with Crippen molar-refractivity contribution >= 4 is 22.4 Å². The fourth-order valence-electron chi connectivity index (χ4n) is 6.85. The first-order valence-electron chi connectivity index (χ1n) is 12.3. The fraction of sp³-hybridized carbons (Fsp3) is 0.538. The average molecular weight is 495 g/mol. The molecule has 184 valence electrons. The van der Waals surface area contributed by atoms with Crippen LogP contribution in [0.3, 0.4) is 0 Å². The van der Waals surface area contributed by atoms with Gasteiger partial charge in [-0.25, -0.2) is 4.98 Å². The maximum absolute atomic E-state index is 12.6. The number of aryl methyl sites for hydroxylation is 1. The minimum absolute atomic E-state index is 0.0951. The second-order valence-electron chi connectivity index (χ2n) is 10.4. The number of thiazole rings is 1. The first-order chi connectivity index (χ1) is 17.0. The quantitative estimate of drug-likeness (QED) is 0.457. The van der Waals surface area contributed by atoms with Gasteiger partial charge in [0.15, 0.2) is 16.6 Å². The van der Waals surface area contributed by atoms with E-state index in [0.29, 0.717) is 34.8 Å². The van der Waals surface area contributed by atoms with Crippen LogP contribution in [-0.4, -0.2) is 35.3 Å². The highest BCUT2D eigenvalue weighted by atomic mass is 32.1. The Hall–Kier alpha value is -2.94. The van der Waals surface area contributed by atoms with Crippen molar-refractivity contribution in [3.05, 3.63) is 35.2 Å². The first-order valence-corrected chi connectivity index (χ1v) is 13.2. The molecule has 1 N–H and O–H groups in total. The maximum Gasteiger partial charge on any atom is 0.227 e. The number of nitrogens with zero attached hydrogens (tertiary/aromatic N) is 3. The minimum atomic E-state index is -0.0951. The Morgan fingerprint density at radius 3 is 2.49 bits per heavy atom. The van der Waals surface area contributed by atoms with Crippen molar-refractivity contribution < 1.29 is 18.8 Å². The van der Waals surface area contributed by atoms with Crippen LogP contribution in [0.25, 0.3) is 11.4 Å². The summed E-state index contributed by atoms with van der Waals surface area (Å²) >= 11 is 1.54. The van der Waals surface area contributed by atoms with Crippen molar-refractivity contribution in [2.24, 2.45) is 17.8 Å². The molecule has 4 aliphatic rings. The van der Waals surface area contributed by atoms with E-state index in [9.17, 15) is 4.79 Å². The normalized spacial score (nSPS) is 26.6. The number of anilines is 1. The Bertz CT molecular complexity index is 1200. The predicted molar refractivity (Wildman–Crippen MR) is 132 cm³/mol. The first kappa shape index (κ1) is 22.5. The zero-order valence-corrected chi connectivity index (χ0v) is 20.9. The monoisotopic (exact) mass is 494 g/mol. The van der Waals surface area contributed by atoms with Gasteiger partial charge in [0.2, 0.25) is 17.6 Å². The summed E-state index contributed by atoms with van der Waals surface area (Å²) < 4.78 is 16.0. The molecule has 35 heavy (non-hydrogen) atoms. The van der Waals surface area contributed by atoms with Crippen LogP contribution in [0.15, 0.2) is 28.1 Å². The number of hydrogen-bond acceptors (Lipinski definition) is 8. The number of aromatic nitrogens is 3. The Morgan fingerprint density at radius 1 is 1.09 bits per heavy atom. The number of hydrogen-bond donors (Lipinski definition) is 1. The van der Waals surface area contributed by atoms with E-state index in [2.05, 4.69) is 20.8 Å². The molecule has 1 aromatic carbocycles. The summed E-state index contributed by atoms with van der Waals surface area (Å²) in [5.74, 6) is 4.61. The highest BCUT2D eigenvalue weighted by Gasteiger charge is 2.52. The van der Waals surface area contributed by atoms with Crippen molar-refractivity contribution in [3.63, 3.8) is 0 Å². The zero-order valence-electron chi connectivity index (χ0n) is 20.1. The molecule has 3 aromatic rings. The third-order valence-electron chi connectivity index (χ3n) is 8.01. The molecule has 4 bridgehead atoms. The number of carbonyl (C=O) groups is 1. The summed E-state index contributed by atoms with van der Waals surface area (Å²) in [5, 5.41) is 9.90. The van der Waals surface area contributed by atoms with Gasteiger partial charge in [-0.05, 0) is 74.5 Å². The number of amides is 1. The molecule has 0 saturated heterocycles. The van der Waals surface area contributed by atoms with Gasteiger partial charge in [-0.15, -0.1) is 11.3 Å². The van der Waals surface area contributed by atoms with Crippen LogP contribution in [0.2, 0.25) is 0 Å². The SMILES string of the molecule is COc1ccc(-c2noc(CCC(=O)Nc3nc(C45CC6CC(CC(C6)C4)C5)cs3)n2)cc1OC. The lowest BCUT2D eigenvalue weighted by atomic mass is 9.49. The second kappa shape index (κ2) is 8.93. The molecule has 0 radical (unpaired) electrons. The van der Waals surface area contributed by atoms with Crippen LogP contribution in [0.1, 0.15) is 56.5 Å². The molecule has 2 aromatic heterocycles. The summed E-state index contributed by atoms with van der Waals surface area (Å²) in [6, 6.07) is 5.43. The zero-order chi connectivity index (χ0) is 24.0. The average Bonchev–Trinajstić information content (AvgIpc) is 3.52. The van der Waals surface area contributed by atoms with E-state index in [-0.39, 0.29) is 17.7 Å². The third kappa shape index (κ3) is 4.30. The van der Waals surface area contributed by atoms with Gasteiger partial charge in [-0.3, -0.25) is 4.79 Å². The van der Waals surface area contributed by atoms with Gasteiger partial charge in [0.05, 0.1) is 19.9 Å². The van der Waals surface area contributed by atoms with Gasteiger partial charge >= 0.3 is 0 Å². The molecule has 2 heterocycles. The lowest BCUT2D eigenvalue weighted by Crippen LogP contribution is -2.48. The molecule has 4 fully saturated rings. The van der Waals surface area contributed by atoms with Crippen LogP contribution in [0.5, 0.6) is 11.5 Å². The van der Waals surface area contributed by atoms with E-state index in [1.807, 2.05) is 6.07 Å². The lowest BCUT2D eigenvalue weighted by Gasteiger charge is -2.56. The van der Waals surface area contributed by atoms with Crippen LogP contribution >= 0.6 is 11.3 Å². The van der Waals surface area contributed by atoms with E-state index in [1.165, 1.54) is 55.6 Å². The number of methoxy groups -OCH3 is 2. The molecule has 0 spiro atoms. The van der Waals surface area contributed by atoms with E-state index < -0.39 is 0 Å². The number of ether oxygens (including phenoxy) is 2. The third-order valence-corrected chi connectivity index (χ3v) is 8.77. The van der Waals surface area contributed by atoms with Gasteiger partial charge in [0, 0.05) is 29.2 Å². The van der Waals surface area contributed by atoms with Gasteiger partial charge in [0.25, 0.3) is 0 Å². The van der Waals surface area contributed by atoms with E-state index in [0.717, 1.165) is 23.3 Å². The maximum atomic E-state index is 12.6. The molecule has 8 nitrogen and oxygen atoms in total. The molecule has 7 rings (SSSR count). The number of rotatable bonds is 8. The molecule has 0 unspecified atom stereocenters. The van der Waals surface area contributed by atoms with Crippen molar-refractivity contribution in [1.29, 1.82) is 0 Å². The van der Waals surface area contributed by atoms with Crippen molar-refractivity contribution in [2.45, 2.75) is 56.8 Å².